The zero-order chi connectivity index (χ0) is 25.3. The van der Waals surface area contributed by atoms with E-state index in [1.165, 1.54) is 16.9 Å². The molecule has 8 heteroatoms. The van der Waals surface area contributed by atoms with Gasteiger partial charge in [-0.05, 0) is 54.9 Å². The van der Waals surface area contributed by atoms with Crippen LogP contribution < -0.4 is 20.7 Å². The highest BCUT2D eigenvalue weighted by Gasteiger charge is 2.24. The Morgan fingerprint density at radius 2 is 1.64 bits per heavy atom. The summed E-state index contributed by atoms with van der Waals surface area (Å²) in [6.07, 6.45) is 3.30. The highest BCUT2D eigenvalue weighted by atomic mass is 32.1. The molecule has 7 nitrogen and oxygen atoms in total. The number of hydrogen-bond acceptors (Lipinski definition) is 5. The fraction of sp³-hybridized carbons (Fsp3) is 0.393. The molecule has 1 aromatic heterocycles. The number of amides is 3. The number of aromatic nitrogens is 1. The number of carbonyl (C=O) groups excluding carboxylic acids is 2. The molecule has 3 aromatic rings. The normalized spacial score (nSPS) is 17.4. The van der Waals surface area contributed by atoms with Gasteiger partial charge in [0.15, 0.2) is 0 Å². The van der Waals surface area contributed by atoms with E-state index in [2.05, 4.69) is 46.9 Å². The van der Waals surface area contributed by atoms with Gasteiger partial charge in [0.2, 0.25) is 0 Å². The molecule has 0 spiro atoms. The molecule has 0 unspecified atom stereocenters. The molecule has 190 valence electrons. The Morgan fingerprint density at radius 3 is 2.31 bits per heavy atom. The molecule has 1 aliphatic rings. The van der Waals surface area contributed by atoms with Gasteiger partial charge in [-0.15, -0.1) is 11.3 Å². The maximum absolute atomic E-state index is 12.7. The summed E-state index contributed by atoms with van der Waals surface area (Å²) in [6, 6.07) is 18.0. The Morgan fingerprint density at radius 1 is 0.972 bits per heavy atom. The van der Waals surface area contributed by atoms with Gasteiger partial charge in [0.05, 0.1) is 0 Å². The second-order valence-corrected chi connectivity index (χ2v) is 10.4. The van der Waals surface area contributed by atoms with Gasteiger partial charge in [-0.25, -0.2) is 9.78 Å². The van der Waals surface area contributed by atoms with Crippen LogP contribution in [0.1, 0.15) is 72.1 Å². The lowest BCUT2D eigenvalue weighted by atomic mass is 9.91. The van der Waals surface area contributed by atoms with Gasteiger partial charge in [0.25, 0.3) is 5.91 Å². The number of ether oxygens (including phenoxy) is 1. The molecule has 1 aliphatic carbocycles. The summed E-state index contributed by atoms with van der Waals surface area (Å²) in [5.41, 5.74) is 2.76. The van der Waals surface area contributed by atoms with Gasteiger partial charge >= 0.3 is 6.03 Å². The first kappa shape index (κ1) is 25.7. The van der Waals surface area contributed by atoms with Crippen LogP contribution in [0.2, 0.25) is 0 Å². The maximum atomic E-state index is 12.7. The smallest absolute Gasteiger partial charge is 0.315 e. The lowest BCUT2D eigenvalue weighted by molar-refractivity contribution is 0.0919. The summed E-state index contributed by atoms with van der Waals surface area (Å²) < 4.78 is 5.83. The van der Waals surface area contributed by atoms with Crippen molar-refractivity contribution in [3.05, 3.63) is 81.8 Å². The molecule has 0 radical (unpaired) electrons. The zero-order valence-corrected chi connectivity index (χ0v) is 21.6. The Kier molecular flexibility index (Phi) is 8.95. The lowest BCUT2D eigenvalue weighted by Gasteiger charge is -2.29. The van der Waals surface area contributed by atoms with Crippen molar-refractivity contribution in [1.29, 1.82) is 0 Å². The van der Waals surface area contributed by atoms with E-state index in [0.717, 1.165) is 42.0 Å². The molecule has 0 saturated heterocycles. The van der Waals surface area contributed by atoms with Crippen LogP contribution in [0.4, 0.5) is 4.79 Å². The average Bonchev–Trinajstić information content (AvgIpc) is 3.38. The first-order chi connectivity index (χ1) is 17.5. The molecular formula is C28H34N4O3S. The summed E-state index contributed by atoms with van der Waals surface area (Å²) in [5, 5.41) is 11.6. The Labute approximate surface area is 216 Å². The topological polar surface area (TPSA) is 92.3 Å². The van der Waals surface area contributed by atoms with E-state index < -0.39 is 0 Å². The van der Waals surface area contributed by atoms with Gasteiger partial charge in [0, 0.05) is 24.0 Å². The minimum atomic E-state index is -0.157. The van der Waals surface area contributed by atoms with Crippen molar-refractivity contribution < 1.29 is 14.3 Å². The van der Waals surface area contributed by atoms with Crippen LogP contribution in [0.5, 0.6) is 5.75 Å². The lowest BCUT2D eigenvalue weighted by Crippen LogP contribution is -2.46. The third-order valence-electron chi connectivity index (χ3n) is 6.39. The van der Waals surface area contributed by atoms with Crippen molar-refractivity contribution >= 4 is 23.3 Å². The highest BCUT2D eigenvalue weighted by molar-refractivity contribution is 7.09. The van der Waals surface area contributed by atoms with Crippen LogP contribution in [0.15, 0.2) is 60.0 Å². The number of nitrogens with one attached hydrogen (secondary N) is 3. The summed E-state index contributed by atoms with van der Waals surface area (Å²) in [5.74, 6) is 1.12. The van der Waals surface area contributed by atoms with Gasteiger partial charge in [0.1, 0.15) is 23.1 Å². The SMILES string of the molecule is CC(C)c1ccc(OCc2nc(C(=O)NC3CCC(NC(=O)NCc4ccccc4)CC3)cs2)cc1. The van der Waals surface area contributed by atoms with Crippen LogP contribution in [-0.4, -0.2) is 29.0 Å². The van der Waals surface area contributed by atoms with Gasteiger partial charge in [-0.2, -0.15) is 0 Å². The van der Waals surface area contributed by atoms with E-state index in [1.54, 1.807) is 5.38 Å². The van der Waals surface area contributed by atoms with Gasteiger partial charge in [-0.1, -0.05) is 56.3 Å². The molecule has 3 amide bonds. The first-order valence-corrected chi connectivity index (χ1v) is 13.4. The third kappa shape index (κ3) is 7.55. The number of nitrogens with zero attached hydrogens (tertiary/aromatic N) is 1. The summed E-state index contributed by atoms with van der Waals surface area (Å²) >= 11 is 1.43. The highest BCUT2D eigenvalue weighted by Crippen LogP contribution is 2.21. The van der Waals surface area contributed by atoms with E-state index in [9.17, 15) is 9.59 Å². The molecule has 0 atom stereocenters. The molecule has 0 bridgehead atoms. The van der Waals surface area contributed by atoms with Crippen molar-refractivity contribution in [2.24, 2.45) is 0 Å². The van der Waals surface area contributed by atoms with Crippen molar-refractivity contribution in [2.75, 3.05) is 0 Å². The van der Waals surface area contributed by atoms with Crippen molar-refractivity contribution in [1.82, 2.24) is 20.9 Å². The van der Waals surface area contributed by atoms with Gasteiger partial charge < -0.3 is 20.7 Å². The molecule has 4 rings (SSSR count). The molecule has 1 saturated carbocycles. The van der Waals surface area contributed by atoms with E-state index in [0.29, 0.717) is 24.8 Å². The summed E-state index contributed by atoms with van der Waals surface area (Å²) in [6.45, 7) is 5.16. The fourth-order valence-corrected chi connectivity index (χ4v) is 4.92. The number of carbonyl (C=O) groups is 2. The van der Waals surface area contributed by atoms with Crippen molar-refractivity contribution in [3.63, 3.8) is 0 Å². The number of benzene rings is 2. The second-order valence-electron chi connectivity index (χ2n) is 9.47. The van der Waals surface area contributed by atoms with Crippen LogP contribution >= 0.6 is 11.3 Å². The second kappa shape index (κ2) is 12.5. The van der Waals surface area contributed by atoms with Crippen LogP contribution in [0, 0.1) is 0 Å². The van der Waals surface area contributed by atoms with E-state index in [-0.39, 0.29) is 24.0 Å². The van der Waals surface area contributed by atoms with Crippen molar-refractivity contribution in [2.45, 2.75) is 70.7 Å². The number of hydrogen-bond donors (Lipinski definition) is 3. The number of urea groups is 1. The molecule has 0 aliphatic heterocycles. The zero-order valence-electron chi connectivity index (χ0n) is 20.8. The Bertz CT molecular complexity index is 1120. The summed E-state index contributed by atoms with van der Waals surface area (Å²) in [7, 11) is 0. The van der Waals surface area contributed by atoms with Crippen LogP contribution in [0.25, 0.3) is 0 Å². The van der Waals surface area contributed by atoms with Crippen LogP contribution in [0.3, 0.4) is 0 Å². The average molecular weight is 507 g/mol. The minimum absolute atomic E-state index is 0.0869. The molecule has 1 heterocycles. The monoisotopic (exact) mass is 506 g/mol. The number of rotatable bonds is 9. The van der Waals surface area contributed by atoms with Crippen molar-refractivity contribution in [3.8, 4) is 5.75 Å². The minimum Gasteiger partial charge on any atom is -0.486 e. The maximum Gasteiger partial charge on any atom is 0.315 e. The molecular weight excluding hydrogens is 472 g/mol. The Balaban J connectivity index is 1.16. The van der Waals surface area contributed by atoms with Gasteiger partial charge in [-0.3, -0.25) is 4.79 Å². The van der Waals surface area contributed by atoms with E-state index in [4.69, 9.17) is 4.74 Å². The van der Waals surface area contributed by atoms with E-state index in [1.807, 2.05) is 42.5 Å². The summed E-state index contributed by atoms with van der Waals surface area (Å²) in [4.78, 5) is 29.4. The fourth-order valence-electron chi connectivity index (χ4n) is 4.23. The quantitative estimate of drug-likeness (QED) is 0.363. The third-order valence-corrected chi connectivity index (χ3v) is 7.21. The predicted molar refractivity (Wildman–Crippen MR) is 142 cm³/mol. The van der Waals surface area contributed by atoms with Crippen LogP contribution in [-0.2, 0) is 13.2 Å². The number of thiazole rings is 1. The Hall–Kier alpha value is -3.39. The molecule has 2 aromatic carbocycles. The molecule has 3 N–H and O–H groups in total. The first-order valence-electron chi connectivity index (χ1n) is 12.5. The molecule has 36 heavy (non-hydrogen) atoms. The van der Waals surface area contributed by atoms with E-state index >= 15 is 0 Å². The molecule has 1 fully saturated rings. The predicted octanol–water partition coefficient (Wildman–Crippen LogP) is 5.39. The largest absolute Gasteiger partial charge is 0.486 e. The standard InChI is InChI=1S/C28H34N4O3S/c1-19(2)21-8-14-24(15-9-21)35-17-26-32-25(18-36-26)27(33)30-22-10-12-23(13-11-22)31-28(34)29-16-20-6-4-3-5-7-20/h3-9,14-15,18-19,22-23H,10-13,16-17H2,1-2H3,(H,30,33)(H2,29,31,34).